The van der Waals surface area contributed by atoms with Crippen molar-refractivity contribution >= 4 is 28.0 Å². The highest BCUT2D eigenvalue weighted by atomic mass is 16.7. The van der Waals surface area contributed by atoms with Gasteiger partial charge in [-0.15, -0.1) is 0 Å². The summed E-state index contributed by atoms with van der Waals surface area (Å²) in [6.07, 6.45) is 7.93. The minimum atomic E-state index is -0.698. The van der Waals surface area contributed by atoms with Crippen molar-refractivity contribution in [2.75, 3.05) is 33.9 Å². The van der Waals surface area contributed by atoms with E-state index in [9.17, 15) is 4.79 Å². The van der Waals surface area contributed by atoms with E-state index >= 15 is 0 Å². The maximum absolute atomic E-state index is 11.5. The fourth-order valence-electron chi connectivity index (χ4n) is 5.21. The van der Waals surface area contributed by atoms with Gasteiger partial charge in [-0.3, -0.25) is 0 Å². The van der Waals surface area contributed by atoms with Crippen molar-refractivity contribution < 1.29 is 19.0 Å². The Morgan fingerprint density at radius 3 is 2.68 bits per heavy atom. The molecule has 34 heavy (non-hydrogen) atoms. The Kier molecular flexibility index (Phi) is 6.45. The van der Waals surface area contributed by atoms with Crippen molar-refractivity contribution in [2.24, 2.45) is 0 Å². The van der Waals surface area contributed by atoms with Gasteiger partial charge in [0.25, 0.3) is 0 Å². The van der Waals surface area contributed by atoms with Crippen LogP contribution in [0.15, 0.2) is 48.8 Å². The number of H-pyrrole nitrogens is 2. The number of aromatic nitrogens is 2. The van der Waals surface area contributed by atoms with Gasteiger partial charge in [0, 0.05) is 34.2 Å². The predicted molar refractivity (Wildman–Crippen MR) is 133 cm³/mol. The molecule has 7 nitrogen and oxygen atoms in total. The zero-order valence-corrected chi connectivity index (χ0v) is 19.7. The van der Waals surface area contributed by atoms with Crippen LogP contribution in [0.25, 0.3) is 21.8 Å². The van der Waals surface area contributed by atoms with E-state index in [0.29, 0.717) is 11.7 Å². The quantitative estimate of drug-likeness (QED) is 0.276. The largest absolute Gasteiger partial charge is 0.513 e. The molecule has 1 fully saturated rings. The van der Waals surface area contributed by atoms with Crippen LogP contribution in [0.3, 0.4) is 0 Å². The van der Waals surface area contributed by atoms with Crippen LogP contribution in [0.2, 0.25) is 0 Å². The van der Waals surface area contributed by atoms with Gasteiger partial charge in [0.2, 0.25) is 0 Å². The number of carbonyl (C=O) groups is 1. The van der Waals surface area contributed by atoms with Gasteiger partial charge in [-0.25, -0.2) is 4.79 Å². The minimum absolute atomic E-state index is 0.497. The summed E-state index contributed by atoms with van der Waals surface area (Å²) in [7, 11) is 3.05. The Morgan fingerprint density at radius 1 is 1.06 bits per heavy atom. The van der Waals surface area contributed by atoms with Crippen molar-refractivity contribution in [3.05, 3.63) is 59.9 Å². The lowest BCUT2D eigenvalue weighted by molar-refractivity contribution is 0.121. The minimum Gasteiger partial charge on any atom is -0.496 e. The van der Waals surface area contributed by atoms with Gasteiger partial charge in [-0.2, -0.15) is 0 Å². The summed E-state index contributed by atoms with van der Waals surface area (Å²) in [5, 5.41) is 2.33. The molecule has 0 unspecified atom stereocenters. The van der Waals surface area contributed by atoms with Crippen LogP contribution in [-0.4, -0.2) is 54.9 Å². The average Bonchev–Trinajstić information content (AvgIpc) is 3.48. The van der Waals surface area contributed by atoms with E-state index < -0.39 is 6.16 Å². The molecule has 0 radical (unpaired) electrons. The number of fused-ring (bicyclic) bond motifs is 2. The summed E-state index contributed by atoms with van der Waals surface area (Å²) in [5.41, 5.74) is 4.82. The summed E-state index contributed by atoms with van der Waals surface area (Å²) >= 11 is 0. The summed E-state index contributed by atoms with van der Waals surface area (Å²) in [4.78, 5) is 20.8. The Labute approximate surface area is 199 Å². The predicted octanol–water partition coefficient (Wildman–Crippen LogP) is 5.62. The topological polar surface area (TPSA) is 79.6 Å². The monoisotopic (exact) mass is 461 g/mol. The molecular formula is C27H31N3O4. The number of nitrogens with one attached hydrogen (secondary N) is 2. The first-order valence-electron chi connectivity index (χ1n) is 11.9. The molecule has 0 saturated carbocycles. The third-order valence-corrected chi connectivity index (χ3v) is 6.97. The van der Waals surface area contributed by atoms with Crippen molar-refractivity contribution in [1.29, 1.82) is 0 Å². The van der Waals surface area contributed by atoms with Crippen LogP contribution < -0.4 is 9.47 Å². The number of piperidine rings is 1. The number of methoxy groups -OCH3 is 2. The summed E-state index contributed by atoms with van der Waals surface area (Å²) in [6.45, 7) is 3.28. The van der Waals surface area contributed by atoms with Crippen molar-refractivity contribution in [2.45, 2.75) is 31.6 Å². The summed E-state index contributed by atoms with van der Waals surface area (Å²) in [5.74, 6) is 1.94. The average molecular weight is 462 g/mol. The molecule has 0 amide bonds. The third kappa shape index (κ3) is 4.48. The van der Waals surface area contributed by atoms with Crippen LogP contribution in [0.1, 0.15) is 36.3 Å². The number of ether oxygens (including phenoxy) is 3. The van der Waals surface area contributed by atoms with Gasteiger partial charge in [-0.1, -0.05) is 6.07 Å². The Hall–Kier alpha value is -3.45. The fraction of sp³-hybridized carbons (Fsp3) is 0.370. The normalized spacial score (nSPS) is 15.1. The second kappa shape index (κ2) is 9.81. The number of rotatable bonds is 7. The fourth-order valence-corrected chi connectivity index (χ4v) is 5.21. The molecule has 0 aliphatic carbocycles. The van der Waals surface area contributed by atoms with Crippen LogP contribution >= 0.6 is 0 Å². The molecule has 0 atom stereocenters. The SMILES string of the molecule is COC(=O)Oc1ccc2[nH]cc(C3CCN(CCCc4c[nH]c5cccc(OC)c45)CC3)c2c1. The first kappa shape index (κ1) is 22.3. The van der Waals surface area contributed by atoms with E-state index in [2.05, 4.69) is 38.1 Å². The maximum Gasteiger partial charge on any atom is 0.513 e. The smallest absolute Gasteiger partial charge is 0.496 e. The standard InChI is InChI=1S/C27H31N3O4/c1-32-25-7-3-6-24-26(25)19(16-28-24)5-4-12-30-13-10-18(11-14-30)22-17-29-23-9-8-20(15-21(22)23)34-27(31)33-2/h3,6-9,15-18,28-29H,4-5,10-14H2,1-2H3. The summed E-state index contributed by atoms with van der Waals surface area (Å²) < 4.78 is 15.4. The lowest BCUT2D eigenvalue weighted by Gasteiger charge is -2.32. The van der Waals surface area contributed by atoms with Gasteiger partial charge in [0.05, 0.1) is 14.2 Å². The molecule has 4 aromatic rings. The maximum atomic E-state index is 11.5. The van der Waals surface area contributed by atoms with Crippen molar-refractivity contribution in [3.8, 4) is 11.5 Å². The van der Waals surface area contributed by atoms with E-state index in [1.54, 1.807) is 13.2 Å². The zero-order valence-electron chi connectivity index (χ0n) is 19.7. The van der Waals surface area contributed by atoms with Gasteiger partial charge in [0.15, 0.2) is 0 Å². The van der Waals surface area contributed by atoms with E-state index in [4.69, 9.17) is 9.47 Å². The second-order valence-electron chi connectivity index (χ2n) is 8.92. The van der Waals surface area contributed by atoms with Gasteiger partial charge >= 0.3 is 6.16 Å². The molecule has 1 aliphatic rings. The molecule has 5 rings (SSSR count). The number of carbonyl (C=O) groups excluding carboxylic acids is 1. The van der Waals surface area contributed by atoms with Crippen molar-refractivity contribution in [3.63, 3.8) is 0 Å². The van der Waals surface area contributed by atoms with E-state index in [1.165, 1.54) is 23.6 Å². The van der Waals surface area contributed by atoms with E-state index in [1.807, 2.05) is 24.3 Å². The van der Waals surface area contributed by atoms with Crippen LogP contribution in [0.5, 0.6) is 11.5 Å². The molecule has 3 heterocycles. The Bertz CT molecular complexity index is 1280. The van der Waals surface area contributed by atoms with Crippen LogP contribution in [0.4, 0.5) is 4.79 Å². The van der Waals surface area contributed by atoms with E-state index in [-0.39, 0.29) is 0 Å². The molecule has 0 bridgehead atoms. The molecule has 1 saturated heterocycles. The lowest BCUT2D eigenvalue weighted by atomic mass is 9.89. The first-order chi connectivity index (χ1) is 16.7. The first-order valence-corrected chi connectivity index (χ1v) is 11.9. The summed E-state index contributed by atoms with van der Waals surface area (Å²) in [6, 6.07) is 11.8. The lowest BCUT2D eigenvalue weighted by Crippen LogP contribution is -2.33. The van der Waals surface area contributed by atoms with Crippen LogP contribution in [0, 0.1) is 0 Å². The molecule has 178 valence electrons. The highest BCUT2D eigenvalue weighted by Crippen LogP contribution is 2.35. The Morgan fingerprint density at radius 2 is 1.88 bits per heavy atom. The zero-order chi connectivity index (χ0) is 23.5. The molecule has 7 heteroatoms. The Balaban J connectivity index is 1.18. The molecule has 2 N–H and O–H groups in total. The van der Waals surface area contributed by atoms with E-state index in [0.717, 1.165) is 67.5 Å². The number of likely N-dealkylation sites (tertiary alicyclic amines) is 1. The molecule has 0 spiro atoms. The van der Waals surface area contributed by atoms with Gasteiger partial charge < -0.3 is 29.1 Å². The second-order valence-corrected chi connectivity index (χ2v) is 8.92. The molecule has 2 aromatic heterocycles. The van der Waals surface area contributed by atoms with Crippen molar-refractivity contribution in [1.82, 2.24) is 14.9 Å². The number of aryl methyl sites for hydroxylation is 1. The third-order valence-electron chi connectivity index (χ3n) is 6.97. The molecule has 1 aliphatic heterocycles. The van der Waals surface area contributed by atoms with Gasteiger partial charge in [0.1, 0.15) is 11.5 Å². The number of hydrogen-bond acceptors (Lipinski definition) is 5. The number of nitrogens with zero attached hydrogens (tertiary/aromatic N) is 1. The number of benzene rings is 2. The van der Waals surface area contributed by atoms with Gasteiger partial charge in [-0.05, 0) is 92.7 Å². The number of aromatic amines is 2. The highest BCUT2D eigenvalue weighted by molar-refractivity contribution is 5.89. The highest BCUT2D eigenvalue weighted by Gasteiger charge is 2.23. The van der Waals surface area contributed by atoms with Crippen LogP contribution in [-0.2, 0) is 11.2 Å². The molecule has 2 aromatic carbocycles. The molecular weight excluding hydrogens is 430 g/mol. The number of hydrogen-bond donors (Lipinski definition) is 2.